The normalized spacial score (nSPS) is 21.3. The summed E-state index contributed by atoms with van der Waals surface area (Å²) < 4.78 is 25.1. The first-order chi connectivity index (χ1) is 10.8. The SMILES string of the molecule is CCC(=O)N1N=C(N)SC1(CCNS(C)(=O)=O)c1ccccc1. The standard InChI is InChI=1S/C14H20N4O3S2/c1-3-12(19)18-14(22-13(15)17-18,9-10-16-23(2,20)21)11-7-5-4-6-8-11/h4-8,16H,3,9-10H2,1-2H3,(H2,15,17). The molecule has 0 saturated carbocycles. The van der Waals surface area contributed by atoms with Gasteiger partial charge in [-0.05, 0) is 5.56 Å². The van der Waals surface area contributed by atoms with Crippen LogP contribution in [0.2, 0.25) is 0 Å². The Morgan fingerprint density at radius 1 is 1.39 bits per heavy atom. The van der Waals surface area contributed by atoms with Gasteiger partial charge >= 0.3 is 0 Å². The topological polar surface area (TPSA) is 105 Å². The average molecular weight is 356 g/mol. The van der Waals surface area contributed by atoms with Crippen LogP contribution in [-0.4, -0.2) is 37.3 Å². The van der Waals surface area contributed by atoms with Gasteiger partial charge in [0.05, 0.1) is 6.26 Å². The van der Waals surface area contributed by atoms with Crippen molar-refractivity contribution in [3.05, 3.63) is 35.9 Å². The van der Waals surface area contributed by atoms with E-state index < -0.39 is 14.9 Å². The van der Waals surface area contributed by atoms with Crippen LogP contribution in [0.4, 0.5) is 0 Å². The molecule has 1 atom stereocenters. The Morgan fingerprint density at radius 2 is 2.04 bits per heavy atom. The molecule has 0 radical (unpaired) electrons. The molecular weight excluding hydrogens is 336 g/mol. The summed E-state index contributed by atoms with van der Waals surface area (Å²) in [5, 5.41) is 5.84. The largest absolute Gasteiger partial charge is 0.377 e. The molecule has 0 aliphatic carbocycles. The number of carbonyl (C=O) groups is 1. The Balaban J connectivity index is 2.38. The summed E-state index contributed by atoms with van der Waals surface area (Å²) >= 11 is 1.27. The number of sulfonamides is 1. The molecule has 3 N–H and O–H groups in total. The van der Waals surface area contributed by atoms with Crippen molar-refractivity contribution in [3.63, 3.8) is 0 Å². The lowest BCUT2D eigenvalue weighted by molar-refractivity contribution is -0.134. The maximum absolute atomic E-state index is 12.3. The number of hydrogen-bond donors (Lipinski definition) is 2. The van der Waals surface area contributed by atoms with E-state index in [9.17, 15) is 13.2 Å². The second-order valence-electron chi connectivity index (χ2n) is 5.17. The van der Waals surface area contributed by atoms with Crippen LogP contribution in [0.3, 0.4) is 0 Å². The zero-order valence-electron chi connectivity index (χ0n) is 13.0. The van der Waals surface area contributed by atoms with Gasteiger partial charge in [0.15, 0.2) is 5.17 Å². The molecule has 1 amide bonds. The molecule has 1 heterocycles. The summed E-state index contributed by atoms with van der Waals surface area (Å²) in [5.74, 6) is -0.166. The summed E-state index contributed by atoms with van der Waals surface area (Å²) in [6.07, 6.45) is 1.74. The molecular formula is C14H20N4O3S2. The fourth-order valence-corrected chi connectivity index (χ4v) is 4.04. The highest BCUT2D eigenvalue weighted by atomic mass is 32.2. The van der Waals surface area contributed by atoms with Crippen LogP contribution in [0.15, 0.2) is 35.4 Å². The van der Waals surface area contributed by atoms with Crippen molar-refractivity contribution in [1.82, 2.24) is 9.73 Å². The van der Waals surface area contributed by atoms with E-state index in [4.69, 9.17) is 5.73 Å². The minimum atomic E-state index is -3.31. The smallest absolute Gasteiger partial charge is 0.244 e. The Labute approximate surface area is 140 Å². The van der Waals surface area contributed by atoms with Gasteiger partial charge < -0.3 is 5.73 Å². The van der Waals surface area contributed by atoms with Crippen molar-refractivity contribution in [2.75, 3.05) is 12.8 Å². The molecule has 1 aromatic carbocycles. The van der Waals surface area contributed by atoms with E-state index in [0.29, 0.717) is 6.42 Å². The summed E-state index contributed by atoms with van der Waals surface area (Å²) in [6, 6.07) is 9.38. The van der Waals surface area contributed by atoms with Crippen molar-refractivity contribution >= 4 is 32.9 Å². The van der Waals surface area contributed by atoms with Crippen molar-refractivity contribution in [1.29, 1.82) is 0 Å². The fourth-order valence-electron chi connectivity index (χ4n) is 2.41. The number of hydrazone groups is 1. The minimum Gasteiger partial charge on any atom is -0.377 e. The average Bonchev–Trinajstić information content (AvgIpc) is 2.84. The van der Waals surface area contributed by atoms with Crippen LogP contribution in [0.5, 0.6) is 0 Å². The molecule has 1 unspecified atom stereocenters. The van der Waals surface area contributed by atoms with Gasteiger partial charge in [-0.15, -0.1) is 5.10 Å². The molecule has 1 aromatic rings. The maximum Gasteiger partial charge on any atom is 0.244 e. The Bertz CT molecular complexity index is 706. The van der Waals surface area contributed by atoms with Crippen LogP contribution in [0.1, 0.15) is 25.3 Å². The summed E-state index contributed by atoms with van der Waals surface area (Å²) in [7, 11) is -3.31. The van der Waals surface area contributed by atoms with Gasteiger partial charge in [-0.1, -0.05) is 49.0 Å². The first kappa shape index (κ1) is 17.8. The Kier molecular flexibility index (Phi) is 5.33. The number of benzene rings is 1. The predicted molar refractivity (Wildman–Crippen MR) is 91.9 cm³/mol. The van der Waals surface area contributed by atoms with E-state index in [0.717, 1.165) is 11.8 Å². The number of carbonyl (C=O) groups excluding carboxylic acids is 1. The minimum absolute atomic E-state index is 0.166. The number of hydrogen-bond acceptors (Lipinski definition) is 6. The van der Waals surface area contributed by atoms with Crippen molar-refractivity contribution < 1.29 is 13.2 Å². The lowest BCUT2D eigenvalue weighted by Crippen LogP contribution is -2.43. The molecule has 1 aliphatic rings. The molecule has 9 heteroatoms. The molecule has 0 saturated heterocycles. The third kappa shape index (κ3) is 4.04. The highest BCUT2D eigenvalue weighted by Crippen LogP contribution is 2.47. The monoisotopic (exact) mass is 356 g/mol. The van der Waals surface area contributed by atoms with E-state index in [1.807, 2.05) is 30.3 Å². The predicted octanol–water partition coefficient (Wildman–Crippen LogP) is 0.994. The van der Waals surface area contributed by atoms with Crippen molar-refractivity contribution in [2.24, 2.45) is 10.8 Å². The van der Waals surface area contributed by atoms with Crippen LogP contribution in [0, 0.1) is 0 Å². The van der Waals surface area contributed by atoms with Crippen molar-refractivity contribution in [3.8, 4) is 0 Å². The van der Waals surface area contributed by atoms with Crippen molar-refractivity contribution in [2.45, 2.75) is 24.6 Å². The lowest BCUT2D eigenvalue weighted by atomic mass is 10.0. The van der Waals surface area contributed by atoms with Crippen LogP contribution >= 0.6 is 11.8 Å². The number of thioether (sulfide) groups is 1. The van der Waals surface area contributed by atoms with E-state index >= 15 is 0 Å². The molecule has 0 aromatic heterocycles. The second-order valence-corrected chi connectivity index (χ2v) is 8.30. The number of rotatable bonds is 6. The summed E-state index contributed by atoms with van der Waals surface area (Å²) in [4.78, 5) is 11.5. The quantitative estimate of drug-likeness (QED) is 0.791. The van der Waals surface area contributed by atoms with Gasteiger partial charge in [0.1, 0.15) is 4.87 Å². The molecule has 0 spiro atoms. The Morgan fingerprint density at radius 3 is 2.61 bits per heavy atom. The van der Waals surface area contributed by atoms with Gasteiger partial charge in [-0.2, -0.15) is 0 Å². The zero-order chi connectivity index (χ0) is 17.1. The van der Waals surface area contributed by atoms with E-state index in [1.165, 1.54) is 16.8 Å². The second kappa shape index (κ2) is 6.90. The number of nitrogens with one attached hydrogen (secondary N) is 1. The molecule has 1 aliphatic heterocycles. The number of amides is 1. The third-order valence-electron chi connectivity index (χ3n) is 3.41. The van der Waals surface area contributed by atoms with Crippen LogP contribution < -0.4 is 10.5 Å². The summed E-state index contributed by atoms with van der Waals surface area (Å²) in [5.41, 5.74) is 6.72. The third-order valence-corrected chi connectivity index (χ3v) is 5.38. The molecule has 126 valence electrons. The maximum atomic E-state index is 12.3. The van der Waals surface area contributed by atoms with Gasteiger partial charge in [0, 0.05) is 19.4 Å². The molecule has 0 fully saturated rings. The molecule has 0 bridgehead atoms. The first-order valence-electron chi connectivity index (χ1n) is 7.15. The van der Waals surface area contributed by atoms with Gasteiger partial charge in [-0.3, -0.25) is 4.79 Å². The number of nitrogens with two attached hydrogens (primary N) is 1. The summed E-state index contributed by atoms with van der Waals surface area (Å²) in [6.45, 7) is 1.93. The fraction of sp³-hybridized carbons (Fsp3) is 0.429. The highest BCUT2D eigenvalue weighted by molar-refractivity contribution is 8.14. The van der Waals surface area contributed by atoms with E-state index in [2.05, 4.69) is 9.82 Å². The van der Waals surface area contributed by atoms with Crippen LogP contribution in [-0.2, 0) is 19.7 Å². The van der Waals surface area contributed by atoms with Gasteiger partial charge in [-0.25, -0.2) is 18.1 Å². The lowest BCUT2D eigenvalue weighted by Gasteiger charge is -2.35. The molecule has 2 rings (SSSR count). The molecule has 23 heavy (non-hydrogen) atoms. The number of nitrogens with zero attached hydrogens (tertiary/aromatic N) is 2. The molecule has 7 nitrogen and oxygen atoms in total. The first-order valence-corrected chi connectivity index (χ1v) is 9.85. The zero-order valence-corrected chi connectivity index (χ0v) is 14.7. The van der Waals surface area contributed by atoms with Gasteiger partial charge in [0.2, 0.25) is 15.9 Å². The Hall–Kier alpha value is -1.58. The van der Waals surface area contributed by atoms with E-state index in [-0.39, 0.29) is 24.0 Å². The van der Waals surface area contributed by atoms with Gasteiger partial charge in [0.25, 0.3) is 0 Å². The van der Waals surface area contributed by atoms with E-state index in [1.54, 1.807) is 6.92 Å². The van der Waals surface area contributed by atoms with Crippen LogP contribution in [0.25, 0.3) is 0 Å². The highest BCUT2D eigenvalue weighted by Gasteiger charge is 2.47. The number of amidine groups is 1.